The lowest BCUT2D eigenvalue weighted by Crippen LogP contribution is -2.51. The molecule has 3 atom stereocenters. The molecule has 2 aliphatic rings. The minimum atomic E-state index is -0.562. The molecule has 1 unspecified atom stereocenters. The molecule has 152 valence electrons. The first-order valence-corrected chi connectivity index (χ1v) is 9.66. The van der Waals surface area contributed by atoms with Crippen LogP contribution >= 0.6 is 0 Å². The third-order valence-corrected chi connectivity index (χ3v) is 5.71. The molecule has 3 amide bonds. The van der Waals surface area contributed by atoms with Gasteiger partial charge in [-0.15, -0.1) is 0 Å². The van der Waals surface area contributed by atoms with Crippen LogP contribution in [0.4, 0.5) is 4.79 Å². The zero-order valence-corrected chi connectivity index (χ0v) is 16.2. The summed E-state index contributed by atoms with van der Waals surface area (Å²) in [5, 5.41) is 9.47. The summed E-state index contributed by atoms with van der Waals surface area (Å²) in [5.41, 5.74) is 3.92. The Bertz CT molecular complexity index is 1190. The van der Waals surface area contributed by atoms with E-state index in [1.807, 2.05) is 24.3 Å². The summed E-state index contributed by atoms with van der Waals surface area (Å²) in [5.74, 6) is -0.847. The van der Waals surface area contributed by atoms with Gasteiger partial charge >= 0.3 is 12.0 Å². The predicted molar refractivity (Wildman–Crippen MR) is 105 cm³/mol. The zero-order chi connectivity index (χ0) is 20.8. The van der Waals surface area contributed by atoms with E-state index in [1.165, 1.54) is 7.11 Å². The third kappa shape index (κ3) is 3.08. The van der Waals surface area contributed by atoms with Crippen LogP contribution in [0.25, 0.3) is 5.65 Å². The minimum absolute atomic E-state index is 0.200. The molecule has 0 radical (unpaired) electrons. The monoisotopic (exact) mass is 405 g/mol. The fourth-order valence-corrected chi connectivity index (χ4v) is 4.10. The van der Waals surface area contributed by atoms with Gasteiger partial charge in [-0.05, 0) is 42.0 Å². The summed E-state index contributed by atoms with van der Waals surface area (Å²) >= 11 is 0. The Kier molecular flexibility index (Phi) is 4.23. The van der Waals surface area contributed by atoms with Gasteiger partial charge in [-0.2, -0.15) is 5.10 Å². The molecule has 0 bridgehead atoms. The van der Waals surface area contributed by atoms with Crippen LogP contribution in [0.2, 0.25) is 0 Å². The number of esters is 1. The molecule has 0 spiro atoms. The van der Waals surface area contributed by atoms with Crippen LogP contribution in [0.1, 0.15) is 51.4 Å². The number of amides is 3. The van der Waals surface area contributed by atoms with Crippen molar-refractivity contribution in [1.82, 2.24) is 25.2 Å². The summed E-state index contributed by atoms with van der Waals surface area (Å²) in [6.07, 6.45) is 4.33. The van der Waals surface area contributed by atoms with Gasteiger partial charge in [0.1, 0.15) is 0 Å². The Balaban J connectivity index is 1.48. The Morgan fingerprint density at radius 1 is 1.23 bits per heavy atom. The number of rotatable bonds is 4. The van der Waals surface area contributed by atoms with E-state index < -0.39 is 11.9 Å². The van der Waals surface area contributed by atoms with Crippen molar-refractivity contribution < 1.29 is 19.1 Å². The Morgan fingerprint density at radius 3 is 2.90 bits per heavy atom. The second kappa shape index (κ2) is 6.94. The molecule has 2 N–H and O–H groups in total. The van der Waals surface area contributed by atoms with Gasteiger partial charge in [0.05, 0.1) is 24.3 Å². The van der Waals surface area contributed by atoms with Crippen LogP contribution in [-0.4, -0.2) is 46.2 Å². The first-order valence-electron chi connectivity index (χ1n) is 9.66. The highest BCUT2D eigenvalue weighted by Crippen LogP contribution is 2.55. The first kappa shape index (κ1) is 18.3. The van der Waals surface area contributed by atoms with Crippen LogP contribution in [0.15, 0.2) is 42.7 Å². The lowest BCUT2D eigenvalue weighted by molar-refractivity contribution is -0.122. The molecule has 1 saturated carbocycles. The van der Waals surface area contributed by atoms with E-state index in [0.717, 1.165) is 23.2 Å². The molecule has 30 heavy (non-hydrogen) atoms. The third-order valence-electron chi connectivity index (χ3n) is 5.71. The maximum atomic E-state index is 12.3. The normalized spacial score (nSPS) is 23.0. The largest absolute Gasteiger partial charge is 0.465 e. The molecule has 1 aliphatic carbocycles. The molecule has 9 heteroatoms. The van der Waals surface area contributed by atoms with Crippen molar-refractivity contribution >= 4 is 23.6 Å². The van der Waals surface area contributed by atoms with Gasteiger partial charge in [-0.1, -0.05) is 12.1 Å². The highest BCUT2D eigenvalue weighted by molar-refractivity contribution is 6.00. The highest BCUT2D eigenvalue weighted by atomic mass is 16.5. The van der Waals surface area contributed by atoms with E-state index in [9.17, 15) is 14.4 Å². The van der Waals surface area contributed by atoms with E-state index >= 15 is 0 Å². The number of hydrogen-bond acceptors (Lipinski definition) is 6. The number of carbonyl (C=O) groups is 3. The van der Waals surface area contributed by atoms with E-state index in [2.05, 4.69) is 20.7 Å². The van der Waals surface area contributed by atoms with Gasteiger partial charge in [0.15, 0.2) is 5.65 Å². The van der Waals surface area contributed by atoms with Crippen molar-refractivity contribution in [3.8, 4) is 0 Å². The van der Waals surface area contributed by atoms with Gasteiger partial charge in [0.25, 0.3) is 0 Å². The number of aromatic nitrogens is 3. The lowest BCUT2D eigenvalue weighted by atomic mass is 9.98. The Labute approximate surface area is 171 Å². The van der Waals surface area contributed by atoms with E-state index in [0.29, 0.717) is 11.3 Å². The van der Waals surface area contributed by atoms with E-state index in [1.54, 1.807) is 23.0 Å². The second-order valence-electron chi connectivity index (χ2n) is 7.54. The van der Waals surface area contributed by atoms with Crippen LogP contribution < -0.4 is 10.6 Å². The molecule has 1 aliphatic heterocycles. The number of carbonyl (C=O) groups excluding carboxylic acids is 3. The number of imide groups is 1. The van der Waals surface area contributed by atoms with Gasteiger partial charge in [0.2, 0.25) is 5.91 Å². The van der Waals surface area contributed by atoms with Crippen LogP contribution in [0, 0.1) is 0 Å². The summed E-state index contributed by atoms with van der Waals surface area (Å²) in [4.78, 5) is 40.0. The van der Waals surface area contributed by atoms with Crippen LogP contribution in [-0.2, 0) is 9.53 Å². The van der Waals surface area contributed by atoms with Crippen molar-refractivity contribution in [2.24, 2.45) is 0 Å². The maximum absolute atomic E-state index is 12.3. The summed E-state index contributed by atoms with van der Waals surface area (Å²) < 4.78 is 6.50. The summed E-state index contributed by atoms with van der Waals surface area (Å²) in [6.45, 7) is 0.201. The molecule has 3 aromatic rings. The number of methoxy groups -OCH3 is 1. The average Bonchev–Trinajstić information content (AvgIpc) is 3.41. The Hall–Kier alpha value is -3.75. The topological polar surface area (TPSA) is 115 Å². The zero-order valence-electron chi connectivity index (χ0n) is 16.2. The van der Waals surface area contributed by atoms with Crippen molar-refractivity contribution in [3.05, 3.63) is 65.1 Å². The number of urea groups is 1. The second-order valence-corrected chi connectivity index (χ2v) is 7.54. The standard InChI is InChI=1S/C21H19N5O4/c1-30-20(28)12-4-2-3-11(7-12)13-8-14(13)15-9-17(25-26-6-5-22-18(15)26)16-10-23-21(29)24-19(16)27/h2-7,9,13-14,16H,8,10H2,1H3,(H2,23,24,27,29)/t13-,14+,16?/m1/s1. The molecule has 2 aromatic heterocycles. The number of nitrogens with one attached hydrogen (secondary N) is 2. The maximum Gasteiger partial charge on any atom is 0.337 e. The van der Waals surface area contributed by atoms with E-state index in [-0.39, 0.29) is 30.3 Å². The van der Waals surface area contributed by atoms with E-state index in [4.69, 9.17) is 4.74 Å². The molecule has 1 saturated heterocycles. The molecular formula is C21H19N5O4. The van der Waals surface area contributed by atoms with Crippen molar-refractivity contribution in [2.45, 2.75) is 24.2 Å². The molecule has 9 nitrogen and oxygen atoms in total. The lowest BCUT2D eigenvalue weighted by Gasteiger charge is -2.22. The number of fused-ring (bicyclic) bond motifs is 1. The predicted octanol–water partition coefficient (Wildman–Crippen LogP) is 1.71. The molecule has 3 heterocycles. The summed E-state index contributed by atoms with van der Waals surface area (Å²) in [6, 6.07) is 8.89. The van der Waals surface area contributed by atoms with Crippen LogP contribution in [0.5, 0.6) is 0 Å². The molecule has 2 fully saturated rings. The van der Waals surface area contributed by atoms with Crippen molar-refractivity contribution in [1.29, 1.82) is 0 Å². The molecule has 1 aromatic carbocycles. The molecular weight excluding hydrogens is 386 g/mol. The van der Waals surface area contributed by atoms with Gasteiger partial charge in [-0.3, -0.25) is 10.1 Å². The van der Waals surface area contributed by atoms with Gasteiger partial charge < -0.3 is 10.1 Å². The van der Waals surface area contributed by atoms with Gasteiger partial charge in [0, 0.05) is 24.5 Å². The number of ether oxygens (including phenoxy) is 1. The van der Waals surface area contributed by atoms with Crippen LogP contribution in [0.3, 0.4) is 0 Å². The first-order chi connectivity index (χ1) is 14.5. The molecule has 5 rings (SSSR count). The fourth-order valence-electron chi connectivity index (χ4n) is 4.10. The van der Waals surface area contributed by atoms with Crippen molar-refractivity contribution in [2.75, 3.05) is 13.7 Å². The smallest absolute Gasteiger partial charge is 0.337 e. The fraction of sp³-hybridized carbons (Fsp3) is 0.286. The number of hydrogen-bond donors (Lipinski definition) is 2. The van der Waals surface area contributed by atoms with Crippen molar-refractivity contribution in [3.63, 3.8) is 0 Å². The average molecular weight is 405 g/mol. The minimum Gasteiger partial charge on any atom is -0.465 e. The SMILES string of the molecule is COC(=O)c1cccc([C@H]2C[C@@H]2c2cc(C3CNC(=O)NC3=O)nn3ccnc23)c1. The van der Waals surface area contributed by atoms with Gasteiger partial charge in [-0.25, -0.2) is 19.1 Å². The number of nitrogens with zero attached hydrogens (tertiary/aromatic N) is 3. The number of benzene rings is 1. The quantitative estimate of drug-likeness (QED) is 0.639. The summed E-state index contributed by atoms with van der Waals surface area (Å²) in [7, 11) is 1.37. The number of imidazole rings is 1. The highest BCUT2D eigenvalue weighted by Gasteiger charge is 2.42. The Morgan fingerprint density at radius 2 is 2.10 bits per heavy atom.